The van der Waals surface area contributed by atoms with Crippen LogP contribution in [-0.2, 0) is 38.1 Å². The zero-order valence-corrected chi connectivity index (χ0v) is 46.6. The number of ether oxygens (including phenoxy) is 4. The Bertz CT molecular complexity index is 1750. The zero-order chi connectivity index (χ0) is 42.9. The molecule has 4 saturated carbocycles. The average molecular weight is 937 g/mol. The van der Waals surface area contributed by atoms with E-state index in [9.17, 15) is 60.0 Å². The topological polar surface area (TPSA) is 276 Å². The molecule has 2 saturated heterocycles. The first-order chi connectivity index (χ1) is 26.8. The van der Waals surface area contributed by atoms with Gasteiger partial charge in [-0.05, 0) is 103 Å². The molecule has 5 aliphatic carbocycles. The number of aliphatic hydroxyl groups excluding tert-OH is 5. The van der Waals surface area contributed by atoms with Gasteiger partial charge in [-0.1, -0.05) is 54.0 Å². The molecule has 0 amide bonds. The second kappa shape index (κ2) is 19.6. The molecule has 19 heteroatoms. The van der Waals surface area contributed by atoms with Gasteiger partial charge >= 0.3 is 154 Å². The first kappa shape index (κ1) is 56.0. The molecule has 0 bridgehead atoms. The van der Waals surface area contributed by atoms with E-state index in [4.69, 9.17) is 18.9 Å². The Morgan fingerprint density at radius 1 is 0.689 bits per heavy atom. The summed E-state index contributed by atoms with van der Waals surface area (Å²) in [5.74, 6) is -5.37. The molecule has 6 fully saturated rings. The van der Waals surface area contributed by atoms with E-state index >= 15 is 0 Å². The summed E-state index contributed by atoms with van der Waals surface area (Å²) < 4.78 is 23.1. The van der Waals surface area contributed by atoms with E-state index in [0.717, 1.165) is 24.8 Å². The fraction of sp³-hybridized carbons (Fsp3) is 0.857. The van der Waals surface area contributed by atoms with Gasteiger partial charge < -0.3 is 74.2 Å². The van der Waals surface area contributed by atoms with E-state index in [2.05, 4.69) is 27.7 Å². The van der Waals surface area contributed by atoms with Gasteiger partial charge in [-0.3, -0.25) is 4.79 Å². The third kappa shape index (κ3) is 9.06. The van der Waals surface area contributed by atoms with E-state index in [1.165, 1.54) is 0 Å². The van der Waals surface area contributed by atoms with Gasteiger partial charge in [0.2, 0.25) is 0 Å². The molecule has 0 aromatic heterocycles. The Morgan fingerprint density at radius 3 is 1.82 bits per heavy atom. The number of carboxylic acid groups (broad SMARTS) is 3. The maximum Gasteiger partial charge on any atom is 1.00 e. The Morgan fingerprint density at radius 2 is 1.25 bits per heavy atom. The number of hydrogen-bond acceptors (Lipinski definition) is 16. The number of rotatable bonds is 7. The number of aliphatic hydroxyl groups is 5. The fourth-order valence-electron chi connectivity index (χ4n) is 13.3. The largest absolute Gasteiger partial charge is 1.00 e. The van der Waals surface area contributed by atoms with E-state index in [1.807, 2.05) is 19.9 Å². The van der Waals surface area contributed by atoms with Crippen LogP contribution in [0.4, 0.5) is 0 Å². The van der Waals surface area contributed by atoms with Crippen LogP contribution in [0.25, 0.3) is 0 Å². The van der Waals surface area contributed by atoms with Crippen molar-refractivity contribution in [1.29, 1.82) is 0 Å². The number of aliphatic carboxylic acids is 3. The Kier molecular flexibility index (Phi) is 18.0. The molecule has 5 N–H and O–H groups in total. The van der Waals surface area contributed by atoms with Gasteiger partial charge in [0.1, 0.15) is 48.8 Å². The molecule has 0 unspecified atom stereocenters. The minimum absolute atomic E-state index is 0. The summed E-state index contributed by atoms with van der Waals surface area (Å²) in [7, 11) is 0. The van der Waals surface area contributed by atoms with Gasteiger partial charge in [0.15, 0.2) is 18.4 Å². The number of allylic oxidation sites excluding steroid dienone is 2. The number of carbonyl (C=O) groups excluding carboxylic acids is 4. The van der Waals surface area contributed by atoms with Gasteiger partial charge in [0.25, 0.3) is 0 Å². The summed E-state index contributed by atoms with van der Waals surface area (Å²) in [5, 5.41) is 89.2. The van der Waals surface area contributed by atoms with Crippen LogP contribution in [-0.4, -0.2) is 117 Å². The SMILES string of the molecule is CC1(C)[C@@H](O[C@@H]2O[C@H](C(=O)[O-])[C@@H](O)[C@H](O)[C@H]2O[C@@H]2O[C@H](C(=O)[O-])[C@@H](O)[C@H](O)[C@H]2O)CC[C@]2(C)[C@H]3C(=O)C=C4[C@@H]5C[C@@](C)(C(=O)[O-])CC[C@]5(C)CC[C@@]4(C)[C@]3(C)CC[C@@H]12.[K+].[K+].[K+]. The molecular weight excluding hydrogens is 878 g/mol. The zero-order valence-electron chi connectivity index (χ0n) is 37.3. The van der Waals surface area contributed by atoms with Crippen molar-refractivity contribution in [2.75, 3.05) is 0 Å². The summed E-state index contributed by atoms with van der Waals surface area (Å²) >= 11 is 0. The van der Waals surface area contributed by atoms with Crippen molar-refractivity contribution in [2.24, 2.45) is 50.2 Å². The average Bonchev–Trinajstić information content (AvgIpc) is 3.13. The van der Waals surface area contributed by atoms with E-state index in [0.29, 0.717) is 38.5 Å². The number of hydrogen-bond donors (Lipinski definition) is 5. The predicted octanol–water partition coefficient (Wildman–Crippen LogP) is -10.7. The molecule has 0 radical (unpaired) electrons. The van der Waals surface area contributed by atoms with Gasteiger partial charge in [0.05, 0.1) is 18.0 Å². The summed E-state index contributed by atoms with van der Waals surface area (Å²) in [6.45, 7) is 14.6. The number of carbonyl (C=O) groups is 4. The fourth-order valence-corrected chi connectivity index (χ4v) is 13.3. The van der Waals surface area contributed by atoms with Crippen LogP contribution in [0.1, 0.15) is 106 Å². The van der Waals surface area contributed by atoms with Gasteiger partial charge in [-0.25, -0.2) is 0 Å². The van der Waals surface area contributed by atoms with Gasteiger partial charge in [-0.2, -0.15) is 0 Å². The standard InChI is InChI=1S/C42H62O16.3K/c1-37(2)21-8-11-42(7)31(20(43)16-18-19-17-39(4,36(53)54)13-12-38(19,3)14-15-41(18,42)6)40(21,5)10-9-22(37)55-35-30(26(47)25(46)29(57-35)33(51)52)58-34-27(48)23(44)24(45)28(56-34)32(49)50;;;/h16,19,21-31,34-35,44-48H,8-15,17H2,1-7H3,(H,49,50)(H,51,52)(H,53,54);;;/q;3*+1/p-3/t19-,21-,22-,23-,24-,25-,26-,27+,28-,29-,30+,31+,34-,35+,38+,39-,40-,41+,42+;;;/m0.../s1. The smallest absolute Gasteiger partial charge is 0.550 e. The Balaban J connectivity index is 0.00000273. The third-order valence-electron chi connectivity index (χ3n) is 17.2. The summed E-state index contributed by atoms with van der Waals surface area (Å²) in [6, 6.07) is 0. The molecule has 0 aromatic carbocycles. The molecular formula is C42H59K3O16. The second-order valence-corrected chi connectivity index (χ2v) is 20.6. The minimum Gasteiger partial charge on any atom is -0.550 e. The maximum absolute atomic E-state index is 14.8. The van der Waals surface area contributed by atoms with Crippen molar-refractivity contribution in [3.63, 3.8) is 0 Å². The van der Waals surface area contributed by atoms with E-state index in [1.54, 1.807) is 6.92 Å². The molecule has 19 atom stereocenters. The summed E-state index contributed by atoms with van der Waals surface area (Å²) in [6.07, 6.45) is -13.4. The maximum atomic E-state index is 14.8. The number of carboxylic acids is 3. The molecule has 7 aliphatic rings. The van der Waals surface area contributed by atoms with Crippen molar-refractivity contribution in [2.45, 2.75) is 174 Å². The molecule has 326 valence electrons. The molecule has 0 spiro atoms. The van der Waals surface area contributed by atoms with E-state index < -0.39 is 107 Å². The van der Waals surface area contributed by atoms with Crippen molar-refractivity contribution in [3.8, 4) is 0 Å². The van der Waals surface area contributed by atoms with Crippen molar-refractivity contribution in [3.05, 3.63) is 11.6 Å². The molecule has 16 nitrogen and oxygen atoms in total. The molecule has 61 heavy (non-hydrogen) atoms. The van der Waals surface area contributed by atoms with Crippen LogP contribution in [0.3, 0.4) is 0 Å². The van der Waals surface area contributed by atoms with Crippen LogP contribution in [0.5, 0.6) is 0 Å². The second-order valence-electron chi connectivity index (χ2n) is 20.6. The monoisotopic (exact) mass is 936 g/mol. The van der Waals surface area contributed by atoms with Crippen LogP contribution in [0, 0.1) is 50.2 Å². The molecule has 2 heterocycles. The molecule has 0 aromatic rings. The van der Waals surface area contributed by atoms with Crippen molar-refractivity contribution < 1.29 is 233 Å². The van der Waals surface area contributed by atoms with E-state index in [-0.39, 0.29) is 189 Å². The number of ketones is 1. The molecule has 7 rings (SSSR count). The van der Waals surface area contributed by atoms with Gasteiger partial charge in [-0.15, -0.1) is 0 Å². The first-order valence-electron chi connectivity index (χ1n) is 20.7. The first-order valence-corrected chi connectivity index (χ1v) is 20.7. The quantitative estimate of drug-likeness (QED) is 0.117. The third-order valence-corrected chi connectivity index (χ3v) is 17.2. The summed E-state index contributed by atoms with van der Waals surface area (Å²) in [5.41, 5.74) is -2.11. The Hall–Kier alpha value is 2.37. The van der Waals surface area contributed by atoms with Gasteiger partial charge in [0, 0.05) is 17.3 Å². The van der Waals surface area contributed by atoms with Crippen molar-refractivity contribution in [1.82, 2.24) is 0 Å². The molecule has 2 aliphatic heterocycles. The summed E-state index contributed by atoms with van der Waals surface area (Å²) in [4.78, 5) is 50.9. The van der Waals surface area contributed by atoms with Crippen LogP contribution >= 0.6 is 0 Å². The predicted molar refractivity (Wildman–Crippen MR) is 192 cm³/mol. The minimum atomic E-state index is -2.16. The Labute approximate surface area is 484 Å². The van der Waals surface area contributed by atoms with Crippen LogP contribution in [0.15, 0.2) is 11.6 Å². The van der Waals surface area contributed by atoms with Crippen LogP contribution < -0.4 is 169 Å². The van der Waals surface area contributed by atoms with Crippen LogP contribution in [0.2, 0.25) is 0 Å². The van der Waals surface area contributed by atoms with Crippen molar-refractivity contribution >= 4 is 23.7 Å². The normalized spacial score (nSPS) is 50.0. The number of fused-ring (bicyclic) bond motifs is 7.